The van der Waals surface area contributed by atoms with Crippen molar-refractivity contribution < 1.29 is 14.7 Å². The van der Waals surface area contributed by atoms with Crippen LogP contribution in [0.1, 0.15) is 23.7 Å². The Balaban J connectivity index is 2.25. The molecule has 19 heavy (non-hydrogen) atoms. The number of carbonyl (C=O) groups excluding carboxylic acids is 2. The third-order valence-corrected chi connectivity index (χ3v) is 3.62. The monoisotopic (exact) mass is 282 g/mol. The molecule has 5 nitrogen and oxygen atoms in total. The Labute approximate surface area is 116 Å². The lowest BCUT2D eigenvalue weighted by molar-refractivity contribution is -0.119. The van der Waals surface area contributed by atoms with E-state index in [1.165, 1.54) is 11.8 Å². The lowest BCUT2D eigenvalue weighted by atomic mass is 10.2. The van der Waals surface area contributed by atoms with Gasteiger partial charge in [-0.05, 0) is 18.6 Å². The van der Waals surface area contributed by atoms with E-state index < -0.39 is 0 Å². The van der Waals surface area contributed by atoms with Crippen molar-refractivity contribution in [3.8, 4) is 0 Å². The van der Waals surface area contributed by atoms with Crippen molar-refractivity contribution in [3.05, 3.63) is 35.9 Å². The summed E-state index contributed by atoms with van der Waals surface area (Å²) in [6, 6.07) is 8.65. The van der Waals surface area contributed by atoms with Gasteiger partial charge in [-0.1, -0.05) is 25.1 Å². The molecule has 3 N–H and O–H groups in total. The Morgan fingerprint density at radius 1 is 1.26 bits per heavy atom. The summed E-state index contributed by atoms with van der Waals surface area (Å²) in [4.78, 5) is 23.1. The van der Waals surface area contributed by atoms with Gasteiger partial charge in [0, 0.05) is 17.4 Å². The van der Waals surface area contributed by atoms with Crippen LogP contribution < -0.4 is 10.9 Å². The van der Waals surface area contributed by atoms with Crippen molar-refractivity contribution in [1.29, 1.82) is 0 Å². The minimum absolute atomic E-state index is 0.112. The topological polar surface area (TPSA) is 78.4 Å². The van der Waals surface area contributed by atoms with Crippen molar-refractivity contribution in [2.45, 2.75) is 18.6 Å². The minimum atomic E-state index is -0.345. The number of aliphatic hydroxyl groups excluding tert-OH is 1. The van der Waals surface area contributed by atoms with E-state index in [4.69, 9.17) is 5.11 Å². The second-order valence-electron chi connectivity index (χ2n) is 4.00. The number of thioether (sulfide) groups is 1. The van der Waals surface area contributed by atoms with Crippen LogP contribution in [0.25, 0.3) is 0 Å². The summed E-state index contributed by atoms with van der Waals surface area (Å²) in [6.45, 7) is 2.05. The van der Waals surface area contributed by atoms with Crippen molar-refractivity contribution in [3.63, 3.8) is 0 Å². The van der Waals surface area contributed by atoms with Crippen LogP contribution in [0.2, 0.25) is 0 Å². The Bertz CT molecular complexity index is 412. The zero-order chi connectivity index (χ0) is 14.1. The highest BCUT2D eigenvalue weighted by Crippen LogP contribution is 2.12. The van der Waals surface area contributed by atoms with E-state index in [1.807, 2.05) is 13.0 Å². The molecule has 0 heterocycles. The number of benzene rings is 1. The van der Waals surface area contributed by atoms with Crippen molar-refractivity contribution >= 4 is 23.6 Å². The SMILES string of the molecule is CC(CCO)SCC(=O)NNC(=O)c1ccccc1. The third kappa shape index (κ3) is 6.26. The summed E-state index contributed by atoms with van der Waals surface area (Å²) in [5, 5.41) is 8.94. The van der Waals surface area contributed by atoms with Gasteiger partial charge in [0.1, 0.15) is 0 Å². The first-order valence-corrected chi connectivity index (χ1v) is 7.05. The van der Waals surface area contributed by atoms with E-state index in [2.05, 4.69) is 10.9 Å². The minimum Gasteiger partial charge on any atom is -0.396 e. The summed E-state index contributed by atoms with van der Waals surface area (Å²) in [5.41, 5.74) is 5.20. The van der Waals surface area contributed by atoms with Crippen LogP contribution in [-0.2, 0) is 4.79 Å². The number of hydrogen-bond acceptors (Lipinski definition) is 4. The summed E-state index contributed by atoms with van der Waals surface area (Å²) >= 11 is 1.43. The molecule has 0 bridgehead atoms. The molecule has 2 amide bonds. The van der Waals surface area contributed by atoms with Gasteiger partial charge < -0.3 is 5.11 Å². The molecule has 1 rings (SSSR count). The number of amides is 2. The fourth-order valence-corrected chi connectivity index (χ4v) is 2.09. The molecule has 1 atom stereocenters. The number of carbonyl (C=O) groups is 2. The largest absolute Gasteiger partial charge is 0.396 e. The van der Waals surface area contributed by atoms with Crippen LogP contribution in [0.15, 0.2) is 30.3 Å². The second kappa shape index (κ2) is 8.55. The molecule has 1 aromatic carbocycles. The van der Waals surface area contributed by atoms with Crippen molar-refractivity contribution in [1.82, 2.24) is 10.9 Å². The lowest BCUT2D eigenvalue weighted by Crippen LogP contribution is -2.42. The quantitative estimate of drug-likeness (QED) is 0.679. The first-order valence-electron chi connectivity index (χ1n) is 6.00. The molecule has 104 valence electrons. The van der Waals surface area contributed by atoms with Crippen LogP contribution in [-0.4, -0.2) is 34.5 Å². The molecule has 6 heteroatoms. The van der Waals surface area contributed by atoms with Gasteiger partial charge in [-0.15, -0.1) is 11.8 Å². The highest BCUT2D eigenvalue weighted by Gasteiger charge is 2.08. The average Bonchev–Trinajstić information content (AvgIpc) is 2.44. The zero-order valence-corrected chi connectivity index (χ0v) is 11.6. The smallest absolute Gasteiger partial charge is 0.269 e. The van der Waals surface area contributed by atoms with E-state index in [9.17, 15) is 9.59 Å². The van der Waals surface area contributed by atoms with Gasteiger partial charge in [-0.3, -0.25) is 20.4 Å². The van der Waals surface area contributed by atoms with E-state index in [1.54, 1.807) is 24.3 Å². The maximum Gasteiger partial charge on any atom is 0.269 e. The highest BCUT2D eigenvalue weighted by molar-refractivity contribution is 8.00. The number of rotatable bonds is 6. The number of nitrogens with one attached hydrogen (secondary N) is 2. The number of hydrazine groups is 1. The molecule has 0 aliphatic heterocycles. The highest BCUT2D eigenvalue weighted by atomic mass is 32.2. The lowest BCUT2D eigenvalue weighted by Gasteiger charge is -2.10. The predicted octanol–water partition coefficient (Wildman–Crippen LogP) is 0.952. The van der Waals surface area contributed by atoms with Crippen LogP contribution >= 0.6 is 11.8 Å². The van der Waals surface area contributed by atoms with Gasteiger partial charge >= 0.3 is 0 Å². The molecule has 0 fully saturated rings. The van der Waals surface area contributed by atoms with Gasteiger partial charge in [0.25, 0.3) is 5.91 Å². The Hall–Kier alpha value is -1.53. The van der Waals surface area contributed by atoms with Crippen LogP contribution in [0.5, 0.6) is 0 Å². The van der Waals surface area contributed by atoms with E-state index >= 15 is 0 Å². The summed E-state index contributed by atoms with van der Waals surface area (Å²) in [5.74, 6) is -0.364. The summed E-state index contributed by atoms with van der Waals surface area (Å²) < 4.78 is 0. The maximum atomic E-state index is 11.6. The van der Waals surface area contributed by atoms with Crippen molar-refractivity contribution in [2.75, 3.05) is 12.4 Å². The molecule has 1 unspecified atom stereocenters. The normalized spacial score (nSPS) is 11.7. The molecule has 0 saturated heterocycles. The molecule has 0 aromatic heterocycles. The van der Waals surface area contributed by atoms with Gasteiger partial charge in [0.15, 0.2) is 0 Å². The fourth-order valence-electron chi connectivity index (χ4n) is 1.31. The molecule has 0 radical (unpaired) electrons. The standard InChI is InChI=1S/C13H18N2O3S/c1-10(7-8-16)19-9-12(17)14-15-13(18)11-5-3-2-4-6-11/h2-6,10,16H,7-9H2,1H3,(H,14,17)(H,15,18). The fraction of sp³-hybridized carbons (Fsp3) is 0.385. The third-order valence-electron chi connectivity index (χ3n) is 2.39. The molecule has 1 aromatic rings. The van der Waals surface area contributed by atoms with Gasteiger partial charge in [-0.25, -0.2) is 0 Å². The number of aliphatic hydroxyl groups is 1. The molecular weight excluding hydrogens is 264 g/mol. The molecule has 0 aliphatic rings. The Kier molecular flexibility index (Phi) is 6.99. The Morgan fingerprint density at radius 3 is 2.58 bits per heavy atom. The second-order valence-corrected chi connectivity index (χ2v) is 5.43. The van der Waals surface area contributed by atoms with E-state index in [-0.39, 0.29) is 29.4 Å². The predicted molar refractivity (Wildman–Crippen MR) is 75.7 cm³/mol. The van der Waals surface area contributed by atoms with Gasteiger partial charge in [-0.2, -0.15) is 0 Å². The first-order chi connectivity index (χ1) is 9.13. The molecule has 0 saturated carbocycles. The van der Waals surface area contributed by atoms with E-state index in [0.717, 1.165) is 0 Å². The summed E-state index contributed by atoms with van der Waals surface area (Å²) in [7, 11) is 0. The van der Waals surface area contributed by atoms with Crippen LogP contribution in [0.4, 0.5) is 0 Å². The summed E-state index contributed by atoms with van der Waals surface area (Å²) in [6.07, 6.45) is 0.647. The average molecular weight is 282 g/mol. The van der Waals surface area contributed by atoms with Crippen LogP contribution in [0, 0.1) is 0 Å². The number of hydrogen-bond donors (Lipinski definition) is 3. The molecule has 0 aliphatic carbocycles. The van der Waals surface area contributed by atoms with Crippen molar-refractivity contribution in [2.24, 2.45) is 0 Å². The van der Waals surface area contributed by atoms with Gasteiger partial charge in [0.2, 0.25) is 5.91 Å². The first kappa shape index (κ1) is 15.5. The van der Waals surface area contributed by atoms with Gasteiger partial charge in [0.05, 0.1) is 5.75 Å². The molecule has 0 spiro atoms. The van der Waals surface area contributed by atoms with Crippen LogP contribution in [0.3, 0.4) is 0 Å². The Morgan fingerprint density at radius 2 is 1.95 bits per heavy atom. The zero-order valence-electron chi connectivity index (χ0n) is 10.8. The maximum absolute atomic E-state index is 11.6. The molecular formula is C13H18N2O3S. The van der Waals surface area contributed by atoms with E-state index in [0.29, 0.717) is 12.0 Å².